The number of hydrogen-bond acceptors (Lipinski definition) is 7. The van der Waals surface area contributed by atoms with E-state index in [0.717, 1.165) is 32.8 Å². The van der Waals surface area contributed by atoms with E-state index >= 15 is 0 Å². The van der Waals surface area contributed by atoms with Crippen LogP contribution < -0.4 is 5.32 Å². The van der Waals surface area contributed by atoms with Gasteiger partial charge < -0.3 is 14.5 Å². The fourth-order valence-electron chi connectivity index (χ4n) is 2.33. The van der Waals surface area contributed by atoms with Gasteiger partial charge in [-0.05, 0) is 24.3 Å². The number of rotatable bonds is 7. The molecule has 1 N–H and O–H groups in total. The van der Waals surface area contributed by atoms with Crippen LogP contribution in [0.5, 0.6) is 0 Å². The fourth-order valence-corrected chi connectivity index (χ4v) is 2.91. The number of anilines is 1. The van der Waals surface area contributed by atoms with Crippen molar-refractivity contribution in [3.05, 3.63) is 36.0 Å². The summed E-state index contributed by atoms with van der Waals surface area (Å²) in [5.74, 6) is 0.142. The van der Waals surface area contributed by atoms with Gasteiger partial charge in [-0.1, -0.05) is 11.8 Å². The summed E-state index contributed by atoms with van der Waals surface area (Å²) in [5, 5.41) is 11.0. The summed E-state index contributed by atoms with van der Waals surface area (Å²) in [6.07, 6.45) is 0.676. The largest absolute Gasteiger partial charge is 0.416 e. The zero-order valence-electron chi connectivity index (χ0n) is 13.6. The van der Waals surface area contributed by atoms with Gasteiger partial charge in [0.25, 0.3) is 5.22 Å². The summed E-state index contributed by atoms with van der Waals surface area (Å²) in [6.45, 7) is 4.20. The van der Waals surface area contributed by atoms with E-state index in [1.165, 1.54) is 36.0 Å². The standard InChI is InChI=1S/C16H19FN4O3S/c17-12-1-3-13(4-2-12)18-14(22)11-25-16-20-19-15(24-16)5-6-21-7-9-23-10-8-21/h1-4H,5-11H2,(H,18,22). The number of nitrogens with zero attached hydrogens (tertiary/aromatic N) is 3. The van der Waals surface area contributed by atoms with E-state index in [4.69, 9.17) is 9.15 Å². The Morgan fingerprint density at radius 3 is 2.76 bits per heavy atom. The normalized spacial score (nSPS) is 15.2. The third-order valence-corrected chi connectivity index (χ3v) is 4.47. The fraction of sp³-hybridized carbons (Fsp3) is 0.438. The van der Waals surface area contributed by atoms with Crippen LogP contribution >= 0.6 is 11.8 Å². The molecule has 1 amide bonds. The molecule has 0 atom stereocenters. The van der Waals surface area contributed by atoms with E-state index in [9.17, 15) is 9.18 Å². The lowest BCUT2D eigenvalue weighted by Gasteiger charge is -2.25. The van der Waals surface area contributed by atoms with Crippen molar-refractivity contribution >= 4 is 23.4 Å². The van der Waals surface area contributed by atoms with Crippen LogP contribution in [0.15, 0.2) is 33.9 Å². The molecule has 1 saturated heterocycles. The number of amides is 1. The number of ether oxygens (including phenoxy) is 1. The lowest BCUT2D eigenvalue weighted by Crippen LogP contribution is -2.37. The molecule has 0 spiro atoms. The molecule has 134 valence electrons. The van der Waals surface area contributed by atoms with Crippen molar-refractivity contribution in [1.29, 1.82) is 0 Å². The molecule has 0 radical (unpaired) electrons. The predicted molar refractivity (Wildman–Crippen MR) is 91.0 cm³/mol. The number of benzene rings is 1. The summed E-state index contributed by atoms with van der Waals surface area (Å²) in [4.78, 5) is 14.2. The van der Waals surface area contributed by atoms with Gasteiger partial charge in [0.05, 0.1) is 19.0 Å². The number of aromatic nitrogens is 2. The lowest BCUT2D eigenvalue weighted by molar-refractivity contribution is -0.113. The summed E-state index contributed by atoms with van der Waals surface area (Å²) in [7, 11) is 0. The predicted octanol–water partition coefficient (Wildman–Crippen LogP) is 1.81. The van der Waals surface area contributed by atoms with E-state index in [-0.39, 0.29) is 17.5 Å². The van der Waals surface area contributed by atoms with Crippen molar-refractivity contribution in [2.45, 2.75) is 11.6 Å². The molecule has 2 aromatic rings. The Kier molecular flexibility index (Phi) is 6.37. The molecule has 9 heteroatoms. The van der Waals surface area contributed by atoms with Gasteiger partial charge in [-0.3, -0.25) is 9.69 Å². The Morgan fingerprint density at radius 2 is 2.00 bits per heavy atom. The summed E-state index contributed by atoms with van der Waals surface area (Å²) >= 11 is 1.17. The summed E-state index contributed by atoms with van der Waals surface area (Å²) in [6, 6.07) is 5.60. The third-order valence-electron chi connectivity index (χ3n) is 3.65. The Bertz CT molecular complexity index is 689. The van der Waals surface area contributed by atoms with Gasteiger partial charge in [0, 0.05) is 31.7 Å². The molecule has 1 aliphatic rings. The average Bonchev–Trinajstić information content (AvgIpc) is 3.09. The number of thioether (sulfide) groups is 1. The molecular formula is C16H19FN4O3S. The third kappa shape index (κ3) is 5.80. The van der Waals surface area contributed by atoms with Gasteiger partial charge in [-0.15, -0.1) is 10.2 Å². The maximum atomic E-state index is 12.8. The smallest absolute Gasteiger partial charge is 0.277 e. The molecule has 1 fully saturated rings. The van der Waals surface area contributed by atoms with Crippen LogP contribution in [0.1, 0.15) is 5.89 Å². The highest BCUT2D eigenvalue weighted by atomic mass is 32.2. The summed E-state index contributed by atoms with van der Waals surface area (Å²) < 4.78 is 23.7. The second kappa shape index (κ2) is 8.93. The second-order valence-corrected chi connectivity index (χ2v) is 6.44. The van der Waals surface area contributed by atoms with Crippen LogP contribution in [0.25, 0.3) is 0 Å². The van der Waals surface area contributed by atoms with Crippen molar-refractivity contribution < 1.29 is 18.3 Å². The highest BCUT2D eigenvalue weighted by molar-refractivity contribution is 7.99. The van der Waals surface area contributed by atoms with Gasteiger partial charge in [0.2, 0.25) is 11.8 Å². The minimum Gasteiger partial charge on any atom is -0.416 e. The Balaban J connectivity index is 1.40. The molecule has 1 aliphatic heterocycles. The number of carbonyl (C=O) groups is 1. The molecule has 0 unspecified atom stereocenters. The zero-order valence-corrected chi connectivity index (χ0v) is 14.4. The molecule has 0 saturated carbocycles. The first kappa shape index (κ1) is 17.8. The van der Waals surface area contributed by atoms with Crippen molar-refractivity contribution in [3.63, 3.8) is 0 Å². The van der Waals surface area contributed by atoms with Gasteiger partial charge in [0.15, 0.2) is 0 Å². The number of nitrogens with one attached hydrogen (secondary N) is 1. The van der Waals surface area contributed by atoms with E-state index in [2.05, 4.69) is 20.4 Å². The maximum absolute atomic E-state index is 12.8. The van der Waals surface area contributed by atoms with Gasteiger partial charge in [-0.2, -0.15) is 0 Å². The van der Waals surface area contributed by atoms with E-state index < -0.39 is 0 Å². The monoisotopic (exact) mass is 366 g/mol. The Morgan fingerprint density at radius 1 is 1.24 bits per heavy atom. The van der Waals surface area contributed by atoms with Crippen molar-refractivity contribution in [2.24, 2.45) is 0 Å². The summed E-state index contributed by atoms with van der Waals surface area (Å²) in [5.41, 5.74) is 0.545. The molecule has 2 heterocycles. The minimum atomic E-state index is -0.345. The van der Waals surface area contributed by atoms with Crippen LogP contribution in [0.3, 0.4) is 0 Å². The number of halogens is 1. The Hall–Kier alpha value is -1.97. The molecular weight excluding hydrogens is 347 g/mol. The zero-order chi connectivity index (χ0) is 17.5. The van der Waals surface area contributed by atoms with Crippen LogP contribution in [-0.2, 0) is 16.0 Å². The van der Waals surface area contributed by atoms with E-state index in [1.807, 2.05) is 0 Å². The van der Waals surface area contributed by atoms with Crippen molar-refractivity contribution in [3.8, 4) is 0 Å². The molecule has 0 bridgehead atoms. The van der Waals surface area contributed by atoms with E-state index in [1.54, 1.807) is 0 Å². The number of carbonyl (C=O) groups excluding carboxylic acids is 1. The highest BCUT2D eigenvalue weighted by Gasteiger charge is 2.13. The van der Waals surface area contributed by atoms with Gasteiger partial charge >= 0.3 is 0 Å². The lowest BCUT2D eigenvalue weighted by atomic mass is 10.3. The van der Waals surface area contributed by atoms with Crippen molar-refractivity contribution in [1.82, 2.24) is 15.1 Å². The first-order valence-corrected chi connectivity index (χ1v) is 8.98. The second-order valence-electron chi connectivity index (χ2n) is 5.51. The molecule has 25 heavy (non-hydrogen) atoms. The van der Waals surface area contributed by atoms with Gasteiger partial charge in [-0.25, -0.2) is 4.39 Å². The number of morpholine rings is 1. The molecule has 7 nitrogen and oxygen atoms in total. The quantitative estimate of drug-likeness (QED) is 0.749. The topological polar surface area (TPSA) is 80.5 Å². The molecule has 1 aromatic heterocycles. The first-order valence-electron chi connectivity index (χ1n) is 8.00. The maximum Gasteiger partial charge on any atom is 0.277 e. The van der Waals surface area contributed by atoms with E-state index in [0.29, 0.717) is 23.2 Å². The van der Waals surface area contributed by atoms with Crippen molar-refractivity contribution in [2.75, 3.05) is 43.9 Å². The average molecular weight is 366 g/mol. The van der Waals surface area contributed by atoms with Gasteiger partial charge in [0.1, 0.15) is 5.82 Å². The van der Waals surface area contributed by atoms with Crippen LogP contribution in [0, 0.1) is 5.82 Å². The van der Waals surface area contributed by atoms with Crippen LogP contribution in [0.2, 0.25) is 0 Å². The van der Waals surface area contributed by atoms with Crippen LogP contribution in [0.4, 0.5) is 10.1 Å². The minimum absolute atomic E-state index is 0.141. The SMILES string of the molecule is O=C(CSc1nnc(CCN2CCOCC2)o1)Nc1ccc(F)cc1. The Labute approximate surface area is 148 Å². The highest BCUT2D eigenvalue weighted by Crippen LogP contribution is 2.17. The number of hydrogen-bond donors (Lipinski definition) is 1. The molecule has 0 aliphatic carbocycles. The molecule has 3 rings (SSSR count). The first-order chi connectivity index (χ1) is 12.2. The molecule has 1 aromatic carbocycles. The van der Waals surface area contributed by atoms with Crippen LogP contribution in [-0.4, -0.2) is 59.6 Å².